The molecule has 4 nitrogen and oxygen atoms in total. The molecule has 27 heavy (non-hydrogen) atoms. The van der Waals surface area contributed by atoms with Crippen molar-refractivity contribution >= 4 is 23.2 Å². The average molecular weight is 386 g/mol. The maximum Gasteiger partial charge on any atom is 0.226 e. The molecule has 1 aliphatic heterocycles. The summed E-state index contributed by atoms with van der Waals surface area (Å²) in [6.45, 7) is 0.510. The van der Waals surface area contributed by atoms with Gasteiger partial charge < -0.3 is 10.2 Å². The molecule has 1 aromatic carbocycles. The van der Waals surface area contributed by atoms with E-state index >= 15 is 0 Å². The van der Waals surface area contributed by atoms with Crippen LogP contribution in [0.2, 0.25) is 0 Å². The second-order valence-corrected chi connectivity index (χ2v) is 8.37. The van der Waals surface area contributed by atoms with E-state index in [0.29, 0.717) is 12.6 Å². The minimum atomic E-state index is -0.325. The highest BCUT2D eigenvalue weighted by atomic mass is 32.1. The van der Waals surface area contributed by atoms with Crippen molar-refractivity contribution in [2.24, 2.45) is 5.92 Å². The molecule has 2 aromatic rings. The fourth-order valence-electron chi connectivity index (χ4n) is 4.17. The van der Waals surface area contributed by atoms with Crippen molar-refractivity contribution in [3.8, 4) is 0 Å². The monoisotopic (exact) mass is 386 g/mol. The van der Waals surface area contributed by atoms with E-state index in [9.17, 15) is 14.0 Å². The number of hydrogen-bond acceptors (Lipinski definition) is 3. The van der Waals surface area contributed by atoms with Crippen LogP contribution in [-0.2, 0) is 9.59 Å². The summed E-state index contributed by atoms with van der Waals surface area (Å²) >= 11 is 1.55. The van der Waals surface area contributed by atoms with Crippen molar-refractivity contribution < 1.29 is 14.0 Å². The van der Waals surface area contributed by atoms with Crippen LogP contribution in [0.5, 0.6) is 0 Å². The van der Waals surface area contributed by atoms with E-state index in [2.05, 4.69) is 5.32 Å². The fraction of sp³-hybridized carbons (Fsp3) is 0.429. The second-order valence-electron chi connectivity index (χ2n) is 7.39. The van der Waals surface area contributed by atoms with Crippen LogP contribution in [0.1, 0.15) is 48.6 Å². The van der Waals surface area contributed by atoms with Gasteiger partial charge in [0.05, 0.1) is 12.0 Å². The summed E-state index contributed by atoms with van der Waals surface area (Å²) in [6, 6.07) is 10.1. The lowest BCUT2D eigenvalue weighted by molar-refractivity contribution is -0.130. The Morgan fingerprint density at radius 2 is 1.93 bits per heavy atom. The molecule has 0 unspecified atom stereocenters. The highest BCUT2D eigenvalue weighted by Crippen LogP contribution is 2.31. The van der Waals surface area contributed by atoms with Crippen LogP contribution in [0.4, 0.5) is 4.39 Å². The van der Waals surface area contributed by atoms with Gasteiger partial charge in [-0.05, 0) is 42.0 Å². The SMILES string of the molecule is O=C(N[C@H](c1ccc(F)cc1)c1cccs1)[C@H]1CC(=O)N(C2CCCC2)C1. The molecule has 4 rings (SSSR count). The van der Waals surface area contributed by atoms with Gasteiger partial charge in [-0.25, -0.2) is 4.39 Å². The molecule has 2 atom stereocenters. The molecule has 0 radical (unpaired) electrons. The number of rotatable bonds is 5. The van der Waals surface area contributed by atoms with Crippen LogP contribution in [-0.4, -0.2) is 29.3 Å². The van der Waals surface area contributed by atoms with Gasteiger partial charge in [-0.1, -0.05) is 31.0 Å². The average Bonchev–Trinajstić information content (AvgIpc) is 3.41. The zero-order valence-electron chi connectivity index (χ0n) is 15.1. The van der Waals surface area contributed by atoms with E-state index in [-0.39, 0.29) is 36.0 Å². The Hall–Kier alpha value is -2.21. The molecule has 1 aliphatic carbocycles. The number of carbonyl (C=O) groups is 2. The molecule has 6 heteroatoms. The van der Waals surface area contributed by atoms with Crippen molar-refractivity contribution in [1.82, 2.24) is 10.2 Å². The predicted octanol–water partition coefficient (Wildman–Crippen LogP) is 3.88. The number of hydrogen-bond donors (Lipinski definition) is 1. The zero-order chi connectivity index (χ0) is 18.8. The number of nitrogens with one attached hydrogen (secondary N) is 1. The number of carbonyl (C=O) groups excluding carboxylic acids is 2. The van der Waals surface area contributed by atoms with Crippen molar-refractivity contribution in [1.29, 1.82) is 0 Å². The molecule has 1 aromatic heterocycles. The number of halogens is 1. The molecule has 2 amide bonds. The number of amides is 2. The predicted molar refractivity (Wildman–Crippen MR) is 103 cm³/mol. The summed E-state index contributed by atoms with van der Waals surface area (Å²) in [4.78, 5) is 28.2. The molecular weight excluding hydrogens is 363 g/mol. The minimum absolute atomic E-state index is 0.0940. The van der Waals surface area contributed by atoms with Gasteiger partial charge in [-0.15, -0.1) is 11.3 Å². The molecule has 2 aliphatic rings. The van der Waals surface area contributed by atoms with E-state index in [0.717, 1.165) is 36.1 Å². The quantitative estimate of drug-likeness (QED) is 0.848. The summed E-state index contributed by atoms with van der Waals surface area (Å²) in [5, 5.41) is 5.06. The first-order valence-electron chi connectivity index (χ1n) is 9.50. The number of likely N-dealkylation sites (tertiary alicyclic amines) is 1. The topological polar surface area (TPSA) is 49.4 Å². The first-order valence-corrected chi connectivity index (χ1v) is 10.4. The van der Waals surface area contributed by atoms with Gasteiger partial charge in [0.1, 0.15) is 5.82 Å². The van der Waals surface area contributed by atoms with Crippen LogP contribution < -0.4 is 5.32 Å². The fourth-order valence-corrected chi connectivity index (χ4v) is 4.97. The molecule has 142 valence electrons. The first-order chi connectivity index (χ1) is 13.1. The van der Waals surface area contributed by atoms with Crippen LogP contribution >= 0.6 is 11.3 Å². The Bertz CT molecular complexity index is 800. The number of thiophene rings is 1. The zero-order valence-corrected chi connectivity index (χ0v) is 15.9. The molecule has 1 saturated carbocycles. The molecule has 2 fully saturated rings. The van der Waals surface area contributed by atoms with E-state index in [1.165, 1.54) is 12.1 Å². The lowest BCUT2D eigenvalue weighted by atomic mass is 10.0. The third kappa shape index (κ3) is 3.90. The summed E-state index contributed by atoms with van der Waals surface area (Å²) in [5.41, 5.74) is 0.837. The summed E-state index contributed by atoms with van der Waals surface area (Å²) in [5.74, 6) is -0.632. The Labute approximate surface area is 162 Å². The van der Waals surface area contributed by atoms with Gasteiger partial charge in [0.2, 0.25) is 11.8 Å². The maximum atomic E-state index is 13.3. The molecule has 2 heterocycles. The second kappa shape index (κ2) is 7.80. The highest BCUT2D eigenvalue weighted by Gasteiger charge is 2.39. The first kappa shape index (κ1) is 18.2. The van der Waals surface area contributed by atoms with E-state index in [1.54, 1.807) is 23.5 Å². The van der Waals surface area contributed by atoms with Gasteiger partial charge in [0.25, 0.3) is 0 Å². The smallest absolute Gasteiger partial charge is 0.226 e. The van der Waals surface area contributed by atoms with E-state index in [1.807, 2.05) is 22.4 Å². The Morgan fingerprint density at radius 3 is 2.59 bits per heavy atom. The van der Waals surface area contributed by atoms with Crippen molar-refractivity contribution in [3.63, 3.8) is 0 Å². The lowest BCUT2D eigenvalue weighted by Gasteiger charge is -2.24. The minimum Gasteiger partial charge on any atom is -0.344 e. The van der Waals surface area contributed by atoms with Gasteiger partial charge in [0.15, 0.2) is 0 Å². The van der Waals surface area contributed by atoms with Crippen LogP contribution in [0, 0.1) is 11.7 Å². The van der Waals surface area contributed by atoms with E-state index in [4.69, 9.17) is 0 Å². The molecular formula is C21H23FN2O2S. The third-order valence-corrected chi connectivity index (χ3v) is 6.55. The maximum absolute atomic E-state index is 13.3. The summed E-state index contributed by atoms with van der Waals surface area (Å²) in [7, 11) is 0. The van der Waals surface area contributed by atoms with Gasteiger partial charge in [-0.3, -0.25) is 9.59 Å². The summed E-state index contributed by atoms with van der Waals surface area (Å²) < 4.78 is 13.3. The number of benzene rings is 1. The van der Waals surface area contributed by atoms with Crippen LogP contribution in [0.15, 0.2) is 41.8 Å². The Morgan fingerprint density at radius 1 is 1.19 bits per heavy atom. The van der Waals surface area contributed by atoms with E-state index < -0.39 is 0 Å². The van der Waals surface area contributed by atoms with Gasteiger partial charge in [-0.2, -0.15) is 0 Å². The standard InChI is InChI=1S/C21H23FN2O2S/c22-16-9-7-14(8-10-16)20(18-6-3-11-27-18)23-21(26)15-12-19(25)24(13-15)17-4-1-2-5-17/h3,6-11,15,17,20H,1-2,4-5,12-13H2,(H,23,26)/t15-,20+/m0/s1. The normalized spacial score (nSPS) is 21.6. The third-order valence-electron chi connectivity index (χ3n) is 5.61. The molecule has 0 spiro atoms. The van der Waals surface area contributed by atoms with Crippen LogP contribution in [0.3, 0.4) is 0 Å². The number of nitrogens with zero attached hydrogens (tertiary/aromatic N) is 1. The molecule has 1 N–H and O–H groups in total. The van der Waals surface area contributed by atoms with Crippen LogP contribution in [0.25, 0.3) is 0 Å². The van der Waals surface area contributed by atoms with Crippen molar-refractivity contribution in [2.45, 2.75) is 44.2 Å². The Kier molecular flexibility index (Phi) is 5.25. The van der Waals surface area contributed by atoms with Gasteiger partial charge in [0, 0.05) is 23.9 Å². The Balaban J connectivity index is 1.49. The van der Waals surface area contributed by atoms with Crippen molar-refractivity contribution in [2.75, 3.05) is 6.54 Å². The summed E-state index contributed by atoms with van der Waals surface area (Å²) in [6.07, 6.45) is 4.70. The molecule has 0 bridgehead atoms. The molecule has 1 saturated heterocycles. The van der Waals surface area contributed by atoms with Gasteiger partial charge >= 0.3 is 0 Å². The highest BCUT2D eigenvalue weighted by molar-refractivity contribution is 7.10. The lowest BCUT2D eigenvalue weighted by Crippen LogP contribution is -2.38. The van der Waals surface area contributed by atoms with Crippen molar-refractivity contribution in [3.05, 3.63) is 58.0 Å². The largest absolute Gasteiger partial charge is 0.344 e.